The van der Waals surface area contributed by atoms with Crippen LogP contribution in [-0.2, 0) is 15.9 Å². The molecule has 1 aliphatic carbocycles. The fourth-order valence-electron chi connectivity index (χ4n) is 2.66. The number of ether oxygens (including phenoxy) is 2. The molecule has 18 heavy (non-hydrogen) atoms. The smallest absolute Gasteiger partial charge is 0.171 e. The minimum atomic E-state index is -0.269. The molecule has 0 aromatic heterocycles. The van der Waals surface area contributed by atoms with Crippen molar-refractivity contribution >= 4 is 0 Å². The molecule has 0 spiro atoms. The van der Waals surface area contributed by atoms with Gasteiger partial charge in [-0.15, -0.1) is 0 Å². The molecule has 2 rings (SSSR count). The first-order valence-corrected chi connectivity index (χ1v) is 6.25. The van der Waals surface area contributed by atoms with E-state index in [0.717, 1.165) is 18.4 Å². The molecular formula is C14H20FNO2. The summed E-state index contributed by atoms with van der Waals surface area (Å²) in [5.41, 5.74) is 2.29. The number of hydrogen-bond acceptors (Lipinski definition) is 3. The van der Waals surface area contributed by atoms with E-state index in [1.54, 1.807) is 20.3 Å². The Morgan fingerprint density at radius 1 is 1.33 bits per heavy atom. The third kappa shape index (κ3) is 2.71. The van der Waals surface area contributed by atoms with Crippen LogP contribution in [0.5, 0.6) is 0 Å². The molecule has 0 radical (unpaired) electrons. The van der Waals surface area contributed by atoms with Gasteiger partial charge in [-0.05, 0) is 43.0 Å². The average molecular weight is 253 g/mol. The van der Waals surface area contributed by atoms with Gasteiger partial charge in [0.05, 0.1) is 6.04 Å². The van der Waals surface area contributed by atoms with Crippen LogP contribution in [0.25, 0.3) is 0 Å². The van der Waals surface area contributed by atoms with Crippen molar-refractivity contribution < 1.29 is 13.9 Å². The molecule has 1 aromatic carbocycles. The molecule has 1 N–H and O–H groups in total. The topological polar surface area (TPSA) is 30.5 Å². The lowest BCUT2D eigenvalue weighted by Crippen LogP contribution is -2.41. The molecule has 2 unspecified atom stereocenters. The monoisotopic (exact) mass is 253 g/mol. The quantitative estimate of drug-likeness (QED) is 0.817. The molecule has 0 saturated heterocycles. The van der Waals surface area contributed by atoms with E-state index in [1.165, 1.54) is 11.6 Å². The van der Waals surface area contributed by atoms with Gasteiger partial charge in [0, 0.05) is 20.3 Å². The minimum Gasteiger partial charge on any atom is -0.354 e. The molecule has 2 atom stereocenters. The van der Waals surface area contributed by atoms with Crippen LogP contribution in [0.1, 0.15) is 30.5 Å². The van der Waals surface area contributed by atoms with Crippen molar-refractivity contribution in [2.45, 2.75) is 38.1 Å². The molecule has 0 aliphatic heterocycles. The van der Waals surface area contributed by atoms with Crippen LogP contribution >= 0.6 is 0 Å². The van der Waals surface area contributed by atoms with Crippen molar-refractivity contribution in [1.82, 2.24) is 5.32 Å². The lowest BCUT2D eigenvalue weighted by molar-refractivity contribution is -0.121. The molecule has 100 valence electrons. The lowest BCUT2D eigenvalue weighted by Gasteiger charge is -2.26. The average Bonchev–Trinajstić information content (AvgIpc) is 2.73. The molecule has 0 bridgehead atoms. The third-order valence-corrected chi connectivity index (χ3v) is 3.52. The molecule has 1 aromatic rings. The second-order valence-electron chi connectivity index (χ2n) is 4.73. The third-order valence-electron chi connectivity index (χ3n) is 3.52. The van der Waals surface area contributed by atoms with Gasteiger partial charge in [-0.2, -0.15) is 0 Å². The van der Waals surface area contributed by atoms with Gasteiger partial charge in [0.25, 0.3) is 0 Å². The number of nitrogens with one attached hydrogen (secondary N) is 1. The predicted octanol–water partition coefficient (Wildman–Crippen LogP) is 2.41. The van der Waals surface area contributed by atoms with Crippen LogP contribution in [0, 0.1) is 5.82 Å². The van der Waals surface area contributed by atoms with Gasteiger partial charge in [-0.25, -0.2) is 4.39 Å². The van der Waals surface area contributed by atoms with Gasteiger partial charge in [0.2, 0.25) is 0 Å². The molecule has 1 aliphatic rings. The number of aryl methyl sites for hydroxylation is 1. The zero-order valence-corrected chi connectivity index (χ0v) is 11.1. The van der Waals surface area contributed by atoms with Crippen molar-refractivity contribution in [3.05, 3.63) is 35.1 Å². The van der Waals surface area contributed by atoms with Crippen molar-refractivity contribution in [1.29, 1.82) is 0 Å². The molecule has 0 amide bonds. The summed E-state index contributed by atoms with van der Waals surface area (Å²) < 4.78 is 23.6. The fraction of sp³-hybridized carbons (Fsp3) is 0.571. The van der Waals surface area contributed by atoms with E-state index in [-0.39, 0.29) is 24.2 Å². The van der Waals surface area contributed by atoms with Gasteiger partial charge in [-0.3, -0.25) is 0 Å². The normalized spacial score (nSPS) is 20.2. The Bertz CT molecular complexity index is 407. The molecular weight excluding hydrogens is 233 g/mol. The predicted molar refractivity (Wildman–Crippen MR) is 67.9 cm³/mol. The van der Waals surface area contributed by atoms with Crippen LogP contribution in [-0.4, -0.2) is 26.6 Å². The summed E-state index contributed by atoms with van der Waals surface area (Å²) in [7, 11) is 3.26. The molecule has 0 heterocycles. The van der Waals surface area contributed by atoms with E-state index in [0.29, 0.717) is 0 Å². The zero-order valence-electron chi connectivity index (χ0n) is 11.1. The van der Waals surface area contributed by atoms with E-state index in [4.69, 9.17) is 9.47 Å². The summed E-state index contributed by atoms with van der Waals surface area (Å²) >= 11 is 0. The largest absolute Gasteiger partial charge is 0.354 e. The molecule has 0 fully saturated rings. The van der Waals surface area contributed by atoms with Crippen molar-refractivity contribution in [2.75, 3.05) is 14.2 Å². The highest BCUT2D eigenvalue weighted by atomic mass is 19.1. The molecule has 3 nitrogen and oxygen atoms in total. The second kappa shape index (κ2) is 5.78. The fourth-order valence-corrected chi connectivity index (χ4v) is 2.66. The van der Waals surface area contributed by atoms with Crippen LogP contribution in [0.4, 0.5) is 4.39 Å². The SMILES string of the molecule is COC(OC)C(C)NC1CCc2cc(F)ccc21. The lowest BCUT2D eigenvalue weighted by atomic mass is 10.1. The highest BCUT2D eigenvalue weighted by Crippen LogP contribution is 2.32. The Hall–Kier alpha value is -0.970. The van der Waals surface area contributed by atoms with Crippen LogP contribution in [0.15, 0.2) is 18.2 Å². The maximum absolute atomic E-state index is 13.1. The summed E-state index contributed by atoms with van der Waals surface area (Å²) in [6.45, 7) is 2.03. The van der Waals surface area contributed by atoms with Gasteiger partial charge in [0.15, 0.2) is 6.29 Å². The Morgan fingerprint density at radius 3 is 2.72 bits per heavy atom. The standard InChI is InChI=1S/C14H20FNO2/c1-9(14(17-2)18-3)16-13-7-4-10-8-11(15)5-6-12(10)13/h5-6,8-9,13-14,16H,4,7H2,1-3H3. The molecule has 4 heteroatoms. The first-order valence-electron chi connectivity index (χ1n) is 6.25. The number of methoxy groups -OCH3 is 2. The highest BCUT2D eigenvalue weighted by Gasteiger charge is 2.26. The van der Waals surface area contributed by atoms with E-state index in [1.807, 2.05) is 13.0 Å². The Balaban J connectivity index is 2.05. The summed E-state index contributed by atoms with van der Waals surface area (Å²) in [6.07, 6.45) is 1.64. The number of fused-ring (bicyclic) bond motifs is 1. The zero-order chi connectivity index (χ0) is 13.1. The Kier molecular flexibility index (Phi) is 4.32. The van der Waals surface area contributed by atoms with E-state index < -0.39 is 0 Å². The highest BCUT2D eigenvalue weighted by molar-refractivity contribution is 5.35. The minimum absolute atomic E-state index is 0.0843. The summed E-state index contributed by atoms with van der Waals surface area (Å²) in [4.78, 5) is 0. The van der Waals surface area contributed by atoms with Gasteiger partial charge in [-0.1, -0.05) is 6.07 Å². The Labute approximate surface area is 107 Å². The maximum Gasteiger partial charge on any atom is 0.171 e. The first kappa shape index (κ1) is 13.5. The summed E-state index contributed by atoms with van der Waals surface area (Å²) in [6, 6.07) is 5.36. The number of hydrogen-bond donors (Lipinski definition) is 1. The van der Waals surface area contributed by atoms with Crippen molar-refractivity contribution in [2.24, 2.45) is 0 Å². The summed E-state index contributed by atoms with van der Waals surface area (Å²) in [5, 5.41) is 3.48. The van der Waals surface area contributed by atoms with Crippen molar-refractivity contribution in [3.8, 4) is 0 Å². The van der Waals surface area contributed by atoms with Crippen LogP contribution < -0.4 is 5.32 Å². The van der Waals surface area contributed by atoms with Crippen molar-refractivity contribution in [3.63, 3.8) is 0 Å². The van der Waals surface area contributed by atoms with Gasteiger partial charge < -0.3 is 14.8 Å². The summed E-state index contributed by atoms with van der Waals surface area (Å²) in [5.74, 6) is -0.158. The van der Waals surface area contributed by atoms with E-state index in [9.17, 15) is 4.39 Å². The van der Waals surface area contributed by atoms with Crippen LogP contribution in [0.3, 0.4) is 0 Å². The van der Waals surface area contributed by atoms with E-state index >= 15 is 0 Å². The second-order valence-corrected chi connectivity index (χ2v) is 4.73. The molecule has 0 saturated carbocycles. The maximum atomic E-state index is 13.1. The number of halogens is 1. The van der Waals surface area contributed by atoms with Gasteiger partial charge >= 0.3 is 0 Å². The van der Waals surface area contributed by atoms with Gasteiger partial charge in [0.1, 0.15) is 5.82 Å². The van der Waals surface area contributed by atoms with Crippen LogP contribution in [0.2, 0.25) is 0 Å². The number of benzene rings is 1. The van der Waals surface area contributed by atoms with E-state index in [2.05, 4.69) is 5.32 Å². The Morgan fingerprint density at radius 2 is 2.06 bits per heavy atom. The number of rotatable bonds is 5. The first-order chi connectivity index (χ1) is 8.65.